The van der Waals surface area contributed by atoms with E-state index < -0.39 is 0 Å². The van der Waals surface area contributed by atoms with E-state index in [0.717, 1.165) is 37.9 Å². The number of piperidine rings is 1. The largest absolute Gasteiger partial charge is 0.469 e. The first kappa shape index (κ1) is 13.8. The van der Waals surface area contributed by atoms with Gasteiger partial charge < -0.3 is 10.5 Å². The number of methoxy groups -OCH3 is 1. The molecule has 2 N–H and O–H groups in total. The highest BCUT2D eigenvalue weighted by atomic mass is 16.5. The van der Waals surface area contributed by atoms with E-state index in [1.165, 1.54) is 20.0 Å². The van der Waals surface area contributed by atoms with Gasteiger partial charge >= 0.3 is 5.97 Å². The lowest BCUT2D eigenvalue weighted by Gasteiger charge is -2.48. The fourth-order valence-corrected chi connectivity index (χ4v) is 3.38. The number of nitrogens with zero attached hydrogens (tertiary/aromatic N) is 1. The Kier molecular flexibility index (Phi) is 4.62. The van der Waals surface area contributed by atoms with Crippen LogP contribution in [0.25, 0.3) is 0 Å². The minimum atomic E-state index is -0.0993. The van der Waals surface area contributed by atoms with Crippen LogP contribution in [0, 0.1) is 11.8 Å². The molecule has 0 amide bonds. The zero-order valence-electron chi connectivity index (χ0n) is 11.6. The summed E-state index contributed by atoms with van der Waals surface area (Å²) in [5.74, 6) is 1.27. The van der Waals surface area contributed by atoms with E-state index in [9.17, 15) is 4.79 Å². The smallest absolute Gasteiger partial charge is 0.305 e. The van der Waals surface area contributed by atoms with Crippen molar-refractivity contribution in [3.8, 4) is 0 Å². The Morgan fingerprint density at radius 2 is 2.17 bits per heavy atom. The quantitative estimate of drug-likeness (QED) is 0.770. The van der Waals surface area contributed by atoms with Crippen LogP contribution in [0.15, 0.2) is 0 Å². The van der Waals surface area contributed by atoms with Gasteiger partial charge in [0, 0.05) is 31.6 Å². The summed E-state index contributed by atoms with van der Waals surface area (Å²) in [5, 5.41) is 0. The second kappa shape index (κ2) is 6.02. The van der Waals surface area contributed by atoms with Crippen molar-refractivity contribution in [2.24, 2.45) is 17.6 Å². The molecule has 4 unspecified atom stereocenters. The summed E-state index contributed by atoms with van der Waals surface area (Å²) < 4.78 is 4.71. The minimum Gasteiger partial charge on any atom is -0.469 e. The van der Waals surface area contributed by atoms with Gasteiger partial charge in [-0.3, -0.25) is 9.69 Å². The van der Waals surface area contributed by atoms with Crippen LogP contribution in [0.5, 0.6) is 0 Å². The SMILES string of the molecule is COC(=O)CCC1CC(N)CN(C2CCC2C)C1. The molecule has 0 aromatic rings. The van der Waals surface area contributed by atoms with Gasteiger partial charge in [-0.15, -0.1) is 0 Å². The predicted molar refractivity (Wildman–Crippen MR) is 71.1 cm³/mol. The molecule has 0 bridgehead atoms. The number of rotatable bonds is 4. The van der Waals surface area contributed by atoms with E-state index in [0.29, 0.717) is 12.3 Å². The molecular formula is C14H26N2O2. The molecule has 1 aliphatic carbocycles. The number of hydrogen-bond acceptors (Lipinski definition) is 4. The van der Waals surface area contributed by atoms with Gasteiger partial charge in [0.25, 0.3) is 0 Å². The molecule has 2 aliphatic rings. The van der Waals surface area contributed by atoms with Crippen molar-refractivity contribution in [1.82, 2.24) is 4.90 Å². The topological polar surface area (TPSA) is 55.6 Å². The molecular weight excluding hydrogens is 228 g/mol. The number of carbonyl (C=O) groups excluding carboxylic acids is 1. The fraction of sp³-hybridized carbons (Fsp3) is 0.929. The first-order chi connectivity index (χ1) is 8.60. The van der Waals surface area contributed by atoms with Crippen molar-refractivity contribution in [1.29, 1.82) is 0 Å². The van der Waals surface area contributed by atoms with Crippen molar-refractivity contribution in [3.05, 3.63) is 0 Å². The highest BCUT2D eigenvalue weighted by molar-refractivity contribution is 5.69. The van der Waals surface area contributed by atoms with Crippen molar-refractivity contribution in [2.45, 2.75) is 51.1 Å². The van der Waals surface area contributed by atoms with Crippen molar-refractivity contribution < 1.29 is 9.53 Å². The van der Waals surface area contributed by atoms with Crippen LogP contribution in [0.3, 0.4) is 0 Å². The van der Waals surface area contributed by atoms with Crippen LogP contribution < -0.4 is 5.73 Å². The number of carbonyl (C=O) groups is 1. The Morgan fingerprint density at radius 1 is 1.39 bits per heavy atom. The number of nitrogens with two attached hydrogens (primary N) is 1. The van der Waals surface area contributed by atoms with Gasteiger partial charge in [0.05, 0.1) is 7.11 Å². The number of likely N-dealkylation sites (tertiary alicyclic amines) is 1. The second-order valence-electron chi connectivity index (χ2n) is 6.05. The summed E-state index contributed by atoms with van der Waals surface area (Å²) in [6.45, 7) is 4.47. The molecule has 0 aromatic heterocycles. The summed E-state index contributed by atoms with van der Waals surface area (Å²) in [5.41, 5.74) is 6.16. The van der Waals surface area contributed by atoms with E-state index in [4.69, 9.17) is 10.5 Å². The van der Waals surface area contributed by atoms with Crippen LogP contribution in [0.2, 0.25) is 0 Å². The highest BCUT2D eigenvalue weighted by Gasteiger charge is 2.36. The van der Waals surface area contributed by atoms with Crippen LogP contribution in [0.1, 0.15) is 39.0 Å². The summed E-state index contributed by atoms with van der Waals surface area (Å²) >= 11 is 0. The lowest BCUT2D eigenvalue weighted by atomic mass is 9.78. The molecule has 0 spiro atoms. The van der Waals surface area contributed by atoms with Gasteiger partial charge in [0.1, 0.15) is 0 Å². The molecule has 2 rings (SSSR count). The number of ether oxygens (including phenoxy) is 1. The van der Waals surface area contributed by atoms with Gasteiger partial charge in [-0.2, -0.15) is 0 Å². The van der Waals surface area contributed by atoms with E-state index >= 15 is 0 Å². The van der Waals surface area contributed by atoms with Gasteiger partial charge in [-0.05, 0) is 37.5 Å². The van der Waals surface area contributed by atoms with Crippen LogP contribution in [0.4, 0.5) is 0 Å². The minimum absolute atomic E-state index is 0.0993. The third kappa shape index (κ3) is 3.23. The zero-order chi connectivity index (χ0) is 13.1. The van der Waals surface area contributed by atoms with Crippen LogP contribution in [-0.4, -0.2) is 43.2 Å². The Morgan fingerprint density at radius 3 is 2.72 bits per heavy atom. The first-order valence-electron chi connectivity index (χ1n) is 7.16. The lowest BCUT2D eigenvalue weighted by Crippen LogP contribution is -2.55. The molecule has 4 heteroatoms. The molecule has 1 saturated heterocycles. The summed E-state index contributed by atoms with van der Waals surface area (Å²) in [6, 6.07) is 1.01. The molecule has 18 heavy (non-hydrogen) atoms. The third-order valence-electron chi connectivity index (χ3n) is 4.63. The zero-order valence-corrected chi connectivity index (χ0v) is 11.6. The predicted octanol–water partition coefficient (Wildman–Crippen LogP) is 1.39. The molecule has 2 fully saturated rings. The molecule has 1 saturated carbocycles. The maximum atomic E-state index is 11.2. The van der Waals surface area contributed by atoms with Gasteiger partial charge in [-0.25, -0.2) is 0 Å². The Bertz CT molecular complexity index is 296. The maximum absolute atomic E-state index is 11.2. The van der Waals surface area contributed by atoms with Crippen molar-refractivity contribution >= 4 is 5.97 Å². The van der Waals surface area contributed by atoms with E-state index in [1.807, 2.05) is 0 Å². The highest BCUT2D eigenvalue weighted by Crippen LogP contribution is 2.34. The van der Waals surface area contributed by atoms with E-state index in [2.05, 4.69) is 11.8 Å². The summed E-state index contributed by atoms with van der Waals surface area (Å²) in [6.07, 6.45) is 5.16. The molecule has 4 nitrogen and oxygen atoms in total. The Balaban J connectivity index is 1.82. The molecule has 0 aromatic carbocycles. The fourth-order valence-electron chi connectivity index (χ4n) is 3.38. The number of hydrogen-bond donors (Lipinski definition) is 1. The average molecular weight is 254 g/mol. The molecule has 4 atom stereocenters. The average Bonchev–Trinajstić information content (AvgIpc) is 2.33. The lowest BCUT2D eigenvalue weighted by molar-refractivity contribution is -0.141. The summed E-state index contributed by atoms with van der Waals surface area (Å²) in [4.78, 5) is 13.8. The standard InChI is InChI=1S/C14H26N2O2/c1-10-3-5-13(10)16-8-11(7-12(15)9-16)4-6-14(17)18-2/h10-13H,3-9,15H2,1-2H3. The van der Waals surface area contributed by atoms with Crippen LogP contribution in [-0.2, 0) is 9.53 Å². The third-order valence-corrected chi connectivity index (χ3v) is 4.63. The first-order valence-corrected chi connectivity index (χ1v) is 7.16. The van der Waals surface area contributed by atoms with E-state index in [1.54, 1.807) is 0 Å². The van der Waals surface area contributed by atoms with Gasteiger partial charge in [0.2, 0.25) is 0 Å². The van der Waals surface area contributed by atoms with E-state index in [-0.39, 0.29) is 12.0 Å². The van der Waals surface area contributed by atoms with Crippen LogP contribution >= 0.6 is 0 Å². The number of esters is 1. The molecule has 0 radical (unpaired) electrons. The molecule has 104 valence electrons. The second-order valence-corrected chi connectivity index (χ2v) is 6.05. The van der Waals surface area contributed by atoms with Gasteiger partial charge in [-0.1, -0.05) is 6.92 Å². The van der Waals surface area contributed by atoms with Crippen molar-refractivity contribution in [3.63, 3.8) is 0 Å². The molecule has 1 heterocycles. The van der Waals surface area contributed by atoms with Gasteiger partial charge in [0.15, 0.2) is 0 Å². The maximum Gasteiger partial charge on any atom is 0.305 e. The summed E-state index contributed by atoms with van der Waals surface area (Å²) in [7, 11) is 1.46. The van der Waals surface area contributed by atoms with Crippen molar-refractivity contribution in [2.75, 3.05) is 20.2 Å². The monoisotopic (exact) mass is 254 g/mol. The molecule has 1 aliphatic heterocycles. The Labute approximate surface area is 110 Å². The normalized spacial score (nSPS) is 37.1. The Hall–Kier alpha value is -0.610.